The Labute approximate surface area is 157 Å². The fourth-order valence-electron chi connectivity index (χ4n) is 2.72. The second-order valence-corrected chi connectivity index (χ2v) is 11.1. The van der Waals surface area contributed by atoms with E-state index in [1.165, 1.54) is 20.5 Å². The molecule has 0 aromatic carbocycles. The van der Waals surface area contributed by atoms with Crippen molar-refractivity contribution in [1.29, 1.82) is 0 Å². The number of carbonyl (C=O) groups is 1. The van der Waals surface area contributed by atoms with Gasteiger partial charge in [0.25, 0.3) is 10.0 Å². The zero-order chi connectivity index (χ0) is 17.2. The molecule has 1 N–H and O–H groups in total. The van der Waals surface area contributed by atoms with Crippen LogP contribution in [0.15, 0.2) is 37.6 Å². The van der Waals surface area contributed by atoms with Gasteiger partial charge >= 0.3 is 0 Å². The summed E-state index contributed by atoms with van der Waals surface area (Å²) in [6, 6.07) is 6.68. The number of hydrogen-bond acceptors (Lipinski definition) is 5. The van der Waals surface area contributed by atoms with Crippen LogP contribution in [0.4, 0.5) is 0 Å². The van der Waals surface area contributed by atoms with E-state index in [1.54, 1.807) is 23.5 Å². The highest BCUT2D eigenvalue weighted by Gasteiger charge is 2.39. The molecule has 0 aliphatic carbocycles. The Kier molecular flexibility index (Phi) is 5.76. The van der Waals surface area contributed by atoms with Crippen LogP contribution >= 0.6 is 38.6 Å². The maximum absolute atomic E-state index is 12.8. The molecule has 0 bridgehead atoms. The van der Waals surface area contributed by atoms with Gasteiger partial charge in [-0.2, -0.15) is 4.31 Å². The average Bonchev–Trinajstić information content (AvgIpc) is 3.28. The molecule has 3 rings (SSSR count). The van der Waals surface area contributed by atoms with Crippen molar-refractivity contribution in [2.45, 2.75) is 29.5 Å². The van der Waals surface area contributed by atoms with Crippen molar-refractivity contribution in [3.05, 3.63) is 38.3 Å². The lowest BCUT2D eigenvalue weighted by Crippen LogP contribution is -2.46. The SMILES string of the molecule is O=C(NCCc1cccs1)[C@H]1CCCN1S(=O)(=O)c1ccc(Br)s1. The van der Waals surface area contributed by atoms with E-state index in [4.69, 9.17) is 0 Å². The van der Waals surface area contributed by atoms with Crippen molar-refractivity contribution in [2.24, 2.45) is 0 Å². The van der Waals surface area contributed by atoms with Crippen LogP contribution in [-0.4, -0.2) is 37.8 Å². The van der Waals surface area contributed by atoms with E-state index >= 15 is 0 Å². The summed E-state index contributed by atoms with van der Waals surface area (Å²) in [4.78, 5) is 13.7. The quantitative estimate of drug-likeness (QED) is 0.737. The lowest BCUT2D eigenvalue weighted by atomic mass is 10.2. The number of rotatable bonds is 6. The van der Waals surface area contributed by atoms with Gasteiger partial charge in [0, 0.05) is 18.0 Å². The molecule has 1 aliphatic heterocycles. The Hall–Kier alpha value is -0.740. The first kappa shape index (κ1) is 18.1. The second-order valence-electron chi connectivity index (χ2n) is 5.45. The number of nitrogens with zero attached hydrogens (tertiary/aromatic N) is 1. The average molecular weight is 449 g/mol. The zero-order valence-electron chi connectivity index (χ0n) is 12.8. The predicted molar refractivity (Wildman–Crippen MR) is 100.0 cm³/mol. The largest absolute Gasteiger partial charge is 0.354 e. The van der Waals surface area contributed by atoms with E-state index in [-0.39, 0.29) is 10.1 Å². The molecule has 1 saturated heterocycles. The first-order valence-corrected chi connectivity index (χ1v) is 11.5. The van der Waals surface area contributed by atoms with Crippen molar-refractivity contribution in [2.75, 3.05) is 13.1 Å². The number of carbonyl (C=O) groups excluding carboxylic acids is 1. The minimum Gasteiger partial charge on any atom is -0.354 e. The molecule has 130 valence electrons. The number of halogens is 1. The van der Waals surface area contributed by atoms with Gasteiger partial charge in [0.15, 0.2) is 0 Å². The second kappa shape index (κ2) is 7.65. The molecule has 9 heteroatoms. The van der Waals surface area contributed by atoms with Gasteiger partial charge in [-0.3, -0.25) is 4.79 Å². The maximum atomic E-state index is 12.8. The van der Waals surface area contributed by atoms with E-state index in [0.717, 1.165) is 10.2 Å². The summed E-state index contributed by atoms with van der Waals surface area (Å²) in [6.07, 6.45) is 2.03. The Morgan fingerprint density at radius 1 is 1.38 bits per heavy atom. The molecule has 1 atom stereocenters. The fraction of sp³-hybridized carbons (Fsp3) is 0.400. The van der Waals surface area contributed by atoms with Gasteiger partial charge in [0.2, 0.25) is 5.91 Å². The third-order valence-corrected chi connectivity index (χ3v) is 8.80. The van der Waals surface area contributed by atoms with Gasteiger partial charge in [-0.1, -0.05) is 6.07 Å². The Morgan fingerprint density at radius 2 is 2.21 bits per heavy atom. The van der Waals surface area contributed by atoms with E-state index in [1.807, 2.05) is 17.5 Å². The summed E-state index contributed by atoms with van der Waals surface area (Å²) >= 11 is 6.11. The van der Waals surface area contributed by atoms with Crippen LogP contribution in [0, 0.1) is 0 Å². The lowest BCUT2D eigenvalue weighted by molar-refractivity contribution is -0.124. The van der Waals surface area contributed by atoms with Gasteiger partial charge in [-0.25, -0.2) is 8.42 Å². The minimum absolute atomic E-state index is 0.205. The number of amides is 1. The molecule has 1 aliphatic rings. The molecule has 2 aromatic heterocycles. The molecule has 2 aromatic rings. The summed E-state index contributed by atoms with van der Waals surface area (Å²) in [6.45, 7) is 0.912. The van der Waals surface area contributed by atoms with Crippen LogP contribution in [0.3, 0.4) is 0 Å². The monoisotopic (exact) mass is 448 g/mol. The first-order chi connectivity index (χ1) is 11.5. The molecule has 0 spiro atoms. The number of nitrogens with one attached hydrogen (secondary N) is 1. The van der Waals surface area contributed by atoms with Gasteiger partial charge in [-0.15, -0.1) is 22.7 Å². The predicted octanol–water partition coefficient (Wildman–Crippen LogP) is 3.08. The topological polar surface area (TPSA) is 66.5 Å². The van der Waals surface area contributed by atoms with Crippen LogP contribution in [0.1, 0.15) is 17.7 Å². The zero-order valence-corrected chi connectivity index (χ0v) is 16.8. The Balaban J connectivity index is 1.65. The molecule has 5 nitrogen and oxygen atoms in total. The highest BCUT2D eigenvalue weighted by atomic mass is 79.9. The summed E-state index contributed by atoms with van der Waals surface area (Å²) in [7, 11) is -3.62. The molecule has 1 fully saturated rings. The van der Waals surface area contributed by atoms with E-state index in [0.29, 0.717) is 25.9 Å². The van der Waals surface area contributed by atoms with E-state index in [9.17, 15) is 13.2 Å². The molecule has 0 radical (unpaired) electrons. The van der Waals surface area contributed by atoms with Crippen molar-refractivity contribution < 1.29 is 13.2 Å². The van der Waals surface area contributed by atoms with E-state index < -0.39 is 16.1 Å². The van der Waals surface area contributed by atoms with E-state index in [2.05, 4.69) is 21.2 Å². The molecule has 3 heterocycles. The van der Waals surface area contributed by atoms with Crippen LogP contribution in [-0.2, 0) is 21.2 Å². The highest BCUT2D eigenvalue weighted by molar-refractivity contribution is 9.11. The van der Waals surface area contributed by atoms with Gasteiger partial charge in [0.1, 0.15) is 10.3 Å². The molecular formula is C15H17BrN2O3S3. The number of thiophene rings is 2. The number of hydrogen-bond donors (Lipinski definition) is 1. The van der Waals surface area contributed by atoms with Crippen LogP contribution in [0.5, 0.6) is 0 Å². The lowest BCUT2D eigenvalue weighted by Gasteiger charge is -2.22. The highest BCUT2D eigenvalue weighted by Crippen LogP contribution is 2.32. The van der Waals surface area contributed by atoms with Gasteiger partial charge in [-0.05, 0) is 58.8 Å². The third-order valence-electron chi connectivity index (χ3n) is 3.87. The maximum Gasteiger partial charge on any atom is 0.253 e. The molecule has 0 saturated carbocycles. The van der Waals surface area contributed by atoms with Gasteiger partial charge < -0.3 is 5.32 Å². The molecule has 24 heavy (non-hydrogen) atoms. The Bertz CT molecular complexity index is 802. The molecular weight excluding hydrogens is 432 g/mol. The van der Waals surface area contributed by atoms with Gasteiger partial charge in [0.05, 0.1) is 3.79 Å². The van der Waals surface area contributed by atoms with Crippen molar-refractivity contribution in [3.8, 4) is 0 Å². The summed E-state index contributed by atoms with van der Waals surface area (Å²) in [5, 5.41) is 4.88. The minimum atomic E-state index is -3.62. The normalized spacial score (nSPS) is 18.8. The number of sulfonamides is 1. The first-order valence-electron chi connectivity index (χ1n) is 7.56. The van der Waals surface area contributed by atoms with Crippen molar-refractivity contribution in [3.63, 3.8) is 0 Å². The summed E-state index contributed by atoms with van der Waals surface area (Å²) < 4.78 is 27.9. The van der Waals surface area contributed by atoms with Crippen molar-refractivity contribution >= 4 is 54.5 Å². The molecule has 0 unspecified atom stereocenters. The van der Waals surface area contributed by atoms with Crippen LogP contribution in [0.25, 0.3) is 0 Å². The fourth-order valence-corrected chi connectivity index (χ4v) is 7.23. The summed E-state index contributed by atoms with van der Waals surface area (Å²) in [5.41, 5.74) is 0. The molecule has 1 amide bonds. The van der Waals surface area contributed by atoms with Crippen molar-refractivity contribution in [1.82, 2.24) is 9.62 Å². The van der Waals surface area contributed by atoms with Crippen LogP contribution in [0.2, 0.25) is 0 Å². The van der Waals surface area contributed by atoms with Crippen LogP contribution < -0.4 is 5.32 Å². The smallest absolute Gasteiger partial charge is 0.253 e. The Morgan fingerprint density at radius 3 is 2.88 bits per heavy atom. The summed E-state index contributed by atoms with van der Waals surface area (Å²) in [5.74, 6) is -0.205. The standard InChI is InChI=1S/C15H17BrN2O3S3/c16-13-5-6-14(23-13)24(20,21)18-9-1-4-12(18)15(19)17-8-7-11-3-2-10-22-11/h2-3,5-6,10,12H,1,4,7-9H2,(H,17,19)/t12-/m1/s1. The third kappa shape index (κ3) is 3.91.